The number of carbonyl (C=O) groups excluding carboxylic acids is 1. The van der Waals surface area contributed by atoms with Gasteiger partial charge in [0.15, 0.2) is 0 Å². The van der Waals surface area contributed by atoms with Gasteiger partial charge in [0.2, 0.25) is 10.0 Å². The second kappa shape index (κ2) is 7.61. The number of carbonyl (C=O) groups is 1. The van der Waals surface area contributed by atoms with Crippen LogP contribution in [0.25, 0.3) is 0 Å². The van der Waals surface area contributed by atoms with Gasteiger partial charge in [0.1, 0.15) is 5.60 Å². The fourth-order valence-corrected chi connectivity index (χ4v) is 3.96. The minimum atomic E-state index is -3.41. The number of amides is 1. The maximum absolute atomic E-state index is 12.2. The molecule has 0 aromatic heterocycles. The predicted octanol–water partition coefficient (Wildman–Crippen LogP) is 2.98. The highest BCUT2D eigenvalue weighted by molar-refractivity contribution is 7.92. The first-order valence-corrected chi connectivity index (χ1v) is 10.1. The van der Waals surface area contributed by atoms with Crippen molar-refractivity contribution >= 4 is 27.5 Å². The summed E-state index contributed by atoms with van der Waals surface area (Å²) in [4.78, 5) is 11.8. The summed E-state index contributed by atoms with van der Waals surface area (Å²) in [5.74, 6) is 0. The molecule has 1 heterocycles. The number of rotatable bonds is 4. The van der Waals surface area contributed by atoms with Gasteiger partial charge in [-0.05, 0) is 57.9 Å². The third-order valence-corrected chi connectivity index (χ3v) is 4.87. The molecule has 1 aromatic carbocycles. The molecule has 8 heteroatoms. The first kappa shape index (κ1) is 19.5. The number of hydrogen-bond donors (Lipinski definition) is 1. The van der Waals surface area contributed by atoms with Gasteiger partial charge in [-0.2, -0.15) is 0 Å². The largest absolute Gasteiger partial charge is 0.444 e. The van der Waals surface area contributed by atoms with Crippen molar-refractivity contribution in [2.24, 2.45) is 0 Å². The molecule has 0 atom stereocenters. The smallest absolute Gasteiger partial charge is 0.412 e. The van der Waals surface area contributed by atoms with Gasteiger partial charge < -0.3 is 9.47 Å². The summed E-state index contributed by atoms with van der Waals surface area (Å²) in [6.07, 6.45) is 1.97. The van der Waals surface area contributed by atoms with Crippen LogP contribution in [0.2, 0.25) is 0 Å². The van der Waals surface area contributed by atoms with Crippen LogP contribution < -0.4 is 9.62 Å². The molecule has 1 saturated heterocycles. The lowest BCUT2D eigenvalue weighted by Crippen LogP contribution is -2.43. The fourth-order valence-electron chi connectivity index (χ4n) is 2.71. The molecular weight excluding hydrogens is 344 g/mol. The van der Waals surface area contributed by atoms with Crippen molar-refractivity contribution in [3.05, 3.63) is 24.3 Å². The Bertz CT molecular complexity index is 689. The molecule has 1 amide bonds. The quantitative estimate of drug-likeness (QED) is 0.881. The normalized spacial score (nSPS) is 16.3. The van der Waals surface area contributed by atoms with Crippen molar-refractivity contribution in [1.82, 2.24) is 0 Å². The summed E-state index contributed by atoms with van der Waals surface area (Å²) in [7, 11) is -3.41. The summed E-state index contributed by atoms with van der Waals surface area (Å²) < 4.78 is 36.4. The van der Waals surface area contributed by atoms with Crippen molar-refractivity contribution in [2.45, 2.75) is 45.3 Å². The zero-order valence-corrected chi connectivity index (χ0v) is 15.9. The molecule has 1 N–H and O–H groups in total. The van der Waals surface area contributed by atoms with E-state index in [9.17, 15) is 13.2 Å². The average molecular weight is 370 g/mol. The number of anilines is 2. The molecule has 7 nitrogen and oxygen atoms in total. The first-order valence-electron chi connectivity index (χ1n) is 8.23. The van der Waals surface area contributed by atoms with Crippen LogP contribution in [-0.4, -0.2) is 45.6 Å². The Balaban J connectivity index is 2.14. The summed E-state index contributed by atoms with van der Waals surface area (Å²) in [6.45, 7) is 6.46. The van der Waals surface area contributed by atoms with E-state index < -0.39 is 21.7 Å². The van der Waals surface area contributed by atoms with Gasteiger partial charge in [-0.15, -0.1) is 0 Å². The molecule has 0 unspecified atom stereocenters. The molecule has 1 aromatic rings. The van der Waals surface area contributed by atoms with Gasteiger partial charge >= 0.3 is 6.09 Å². The third kappa shape index (κ3) is 5.89. The maximum atomic E-state index is 12.2. The molecule has 0 radical (unpaired) electrons. The van der Waals surface area contributed by atoms with Crippen LogP contribution in [-0.2, 0) is 19.5 Å². The summed E-state index contributed by atoms with van der Waals surface area (Å²) in [5.41, 5.74) is 0.530. The summed E-state index contributed by atoms with van der Waals surface area (Å²) in [5, 5.41) is 2.63. The topological polar surface area (TPSA) is 84.9 Å². The van der Waals surface area contributed by atoms with E-state index in [2.05, 4.69) is 5.32 Å². The van der Waals surface area contributed by atoms with Crippen molar-refractivity contribution in [1.29, 1.82) is 0 Å². The molecule has 1 aliphatic heterocycles. The van der Waals surface area contributed by atoms with E-state index in [0.717, 1.165) is 0 Å². The van der Waals surface area contributed by atoms with Gasteiger partial charge in [0.05, 0.1) is 11.9 Å². The van der Waals surface area contributed by atoms with E-state index in [0.29, 0.717) is 37.4 Å². The molecule has 0 aliphatic carbocycles. The highest BCUT2D eigenvalue weighted by atomic mass is 32.2. The second-order valence-corrected chi connectivity index (χ2v) is 8.94. The van der Waals surface area contributed by atoms with Crippen molar-refractivity contribution < 1.29 is 22.7 Å². The molecule has 2 rings (SSSR count). The first-order chi connectivity index (χ1) is 11.6. The van der Waals surface area contributed by atoms with Crippen LogP contribution in [0.4, 0.5) is 16.2 Å². The molecule has 140 valence electrons. The predicted molar refractivity (Wildman–Crippen MR) is 97.5 cm³/mol. The summed E-state index contributed by atoms with van der Waals surface area (Å²) in [6, 6.07) is 6.58. The number of nitrogens with one attached hydrogen (secondary N) is 1. The van der Waals surface area contributed by atoms with E-state index in [1.807, 2.05) is 0 Å². The van der Waals surface area contributed by atoms with Gasteiger partial charge in [-0.3, -0.25) is 9.62 Å². The zero-order valence-electron chi connectivity index (χ0n) is 15.1. The average Bonchev–Trinajstić information content (AvgIpc) is 2.47. The van der Waals surface area contributed by atoms with Crippen LogP contribution in [0.5, 0.6) is 0 Å². The number of hydrogen-bond acceptors (Lipinski definition) is 5. The molecule has 1 fully saturated rings. The standard InChI is InChI=1S/C17H26N2O5S/c1-17(2,3)24-16(20)18-13-5-7-14(8-6-13)19(25(4,21)22)15-9-11-23-12-10-15/h5-8,15H,9-12H2,1-4H3,(H,18,20). The van der Waals surface area contributed by atoms with Crippen LogP contribution in [0.15, 0.2) is 24.3 Å². The summed E-state index contributed by atoms with van der Waals surface area (Å²) >= 11 is 0. The lowest BCUT2D eigenvalue weighted by atomic mass is 10.1. The van der Waals surface area contributed by atoms with Crippen LogP contribution in [0.3, 0.4) is 0 Å². The van der Waals surface area contributed by atoms with Gasteiger partial charge in [-0.1, -0.05) is 0 Å². The molecule has 25 heavy (non-hydrogen) atoms. The number of nitrogens with zero attached hydrogens (tertiary/aromatic N) is 1. The third-order valence-electron chi connectivity index (χ3n) is 3.65. The van der Waals surface area contributed by atoms with Gasteiger partial charge in [0.25, 0.3) is 0 Å². The Morgan fingerprint density at radius 3 is 2.24 bits per heavy atom. The van der Waals surface area contributed by atoms with Crippen molar-refractivity contribution in [2.75, 3.05) is 29.1 Å². The molecular formula is C17H26N2O5S. The van der Waals surface area contributed by atoms with Crippen LogP contribution in [0.1, 0.15) is 33.6 Å². The molecule has 0 bridgehead atoms. The van der Waals surface area contributed by atoms with Crippen LogP contribution in [0, 0.1) is 0 Å². The SMILES string of the molecule is CC(C)(C)OC(=O)Nc1ccc(N(C2CCOCC2)S(C)(=O)=O)cc1. The minimum Gasteiger partial charge on any atom is -0.444 e. The number of ether oxygens (including phenoxy) is 2. The Morgan fingerprint density at radius 1 is 1.20 bits per heavy atom. The highest BCUT2D eigenvalue weighted by Crippen LogP contribution is 2.27. The van der Waals surface area contributed by atoms with Crippen molar-refractivity contribution in [3.8, 4) is 0 Å². The van der Waals surface area contributed by atoms with E-state index >= 15 is 0 Å². The van der Waals surface area contributed by atoms with Crippen LogP contribution >= 0.6 is 0 Å². The van der Waals surface area contributed by atoms with E-state index in [-0.39, 0.29) is 6.04 Å². The lowest BCUT2D eigenvalue weighted by molar-refractivity contribution is 0.0636. The molecule has 0 spiro atoms. The zero-order chi connectivity index (χ0) is 18.7. The van der Waals surface area contributed by atoms with E-state index in [1.165, 1.54) is 10.6 Å². The molecule has 0 saturated carbocycles. The number of benzene rings is 1. The Kier molecular flexibility index (Phi) is 5.95. The van der Waals surface area contributed by atoms with Gasteiger partial charge in [-0.25, -0.2) is 13.2 Å². The second-order valence-electron chi connectivity index (χ2n) is 7.08. The fraction of sp³-hybridized carbons (Fsp3) is 0.588. The Labute approximate surface area is 149 Å². The minimum absolute atomic E-state index is 0.117. The van der Waals surface area contributed by atoms with E-state index in [1.54, 1.807) is 45.0 Å². The highest BCUT2D eigenvalue weighted by Gasteiger charge is 2.28. The molecule has 1 aliphatic rings. The monoisotopic (exact) mass is 370 g/mol. The number of sulfonamides is 1. The Hall–Kier alpha value is -1.80. The maximum Gasteiger partial charge on any atom is 0.412 e. The Morgan fingerprint density at radius 2 is 1.76 bits per heavy atom. The van der Waals surface area contributed by atoms with Gasteiger partial charge in [0, 0.05) is 24.9 Å². The van der Waals surface area contributed by atoms with E-state index in [4.69, 9.17) is 9.47 Å². The lowest BCUT2D eigenvalue weighted by Gasteiger charge is -2.34. The van der Waals surface area contributed by atoms with Crippen molar-refractivity contribution in [3.63, 3.8) is 0 Å².